The Morgan fingerprint density at radius 3 is 2.55 bits per heavy atom. The van der Waals surface area contributed by atoms with Crippen molar-refractivity contribution in [2.45, 2.75) is 33.3 Å². The fourth-order valence-electron chi connectivity index (χ4n) is 1.58. The Balaban J connectivity index is 2.54. The molecular formula is C15H24N2O3. The lowest BCUT2D eigenvalue weighted by Crippen LogP contribution is -2.23. The van der Waals surface area contributed by atoms with E-state index in [0.717, 1.165) is 0 Å². The van der Waals surface area contributed by atoms with E-state index in [2.05, 4.69) is 5.32 Å². The van der Waals surface area contributed by atoms with E-state index in [9.17, 15) is 4.79 Å². The lowest BCUT2D eigenvalue weighted by molar-refractivity contribution is -0.0162. The lowest BCUT2D eigenvalue weighted by atomic mass is 10.2. The molecule has 0 heterocycles. The summed E-state index contributed by atoms with van der Waals surface area (Å²) < 4.78 is 11.1. The number of ether oxygens (including phenoxy) is 2. The number of hydrogen-bond donors (Lipinski definition) is 2. The van der Waals surface area contributed by atoms with Crippen molar-refractivity contribution in [1.29, 1.82) is 0 Å². The molecule has 0 unspecified atom stereocenters. The number of anilines is 1. The van der Waals surface area contributed by atoms with E-state index in [1.54, 1.807) is 18.2 Å². The first-order chi connectivity index (χ1) is 9.33. The van der Waals surface area contributed by atoms with Gasteiger partial charge < -0.3 is 20.5 Å². The van der Waals surface area contributed by atoms with Crippen molar-refractivity contribution in [3.05, 3.63) is 23.8 Å². The minimum Gasteiger partial charge on any atom is -0.489 e. The first kappa shape index (κ1) is 16.3. The van der Waals surface area contributed by atoms with Crippen LogP contribution in [0, 0.1) is 0 Å². The van der Waals surface area contributed by atoms with E-state index in [4.69, 9.17) is 15.2 Å². The van der Waals surface area contributed by atoms with E-state index in [1.807, 2.05) is 27.7 Å². The summed E-state index contributed by atoms with van der Waals surface area (Å²) in [5.41, 5.74) is 6.67. The second kappa shape index (κ2) is 7.14. The maximum absolute atomic E-state index is 11.7. The number of hydrogen-bond acceptors (Lipinski definition) is 4. The number of carbonyl (C=O) groups is 1. The molecule has 0 atom stereocenters. The third-order valence-corrected chi connectivity index (χ3v) is 2.49. The van der Waals surface area contributed by atoms with Crippen molar-refractivity contribution in [3.8, 4) is 5.75 Å². The highest BCUT2D eigenvalue weighted by Crippen LogP contribution is 2.22. The largest absolute Gasteiger partial charge is 0.489 e. The molecule has 1 rings (SSSR count). The van der Waals surface area contributed by atoms with E-state index in [1.165, 1.54) is 0 Å². The molecule has 112 valence electrons. The Bertz CT molecular complexity index is 453. The van der Waals surface area contributed by atoms with Crippen LogP contribution in [0.4, 0.5) is 5.69 Å². The van der Waals surface area contributed by atoms with Crippen molar-refractivity contribution in [2.24, 2.45) is 0 Å². The highest BCUT2D eigenvalue weighted by Gasteiger charge is 2.11. The molecule has 0 aromatic heterocycles. The summed E-state index contributed by atoms with van der Waals surface area (Å²) in [5.74, 6) is 0.428. The Morgan fingerprint density at radius 1 is 1.30 bits per heavy atom. The van der Waals surface area contributed by atoms with Crippen LogP contribution in [0.3, 0.4) is 0 Å². The first-order valence-corrected chi connectivity index (χ1v) is 6.78. The zero-order valence-electron chi connectivity index (χ0n) is 12.7. The molecule has 0 aliphatic heterocycles. The summed E-state index contributed by atoms with van der Waals surface area (Å²) in [4.78, 5) is 11.7. The van der Waals surface area contributed by atoms with Crippen molar-refractivity contribution in [3.63, 3.8) is 0 Å². The summed E-state index contributed by atoms with van der Waals surface area (Å²) >= 11 is 0. The van der Waals surface area contributed by atoms with Crippen molar-refractivity contribution >= 4 is 11.6 Å². The van der Waals surface area contributed by atoms with Gasteiger partial charge in [-0.2, -0.15) is 0 Å². The Hall–Kier alpha value is -1.75. The molecule has 0 aliphatic carbocycles. The minimum atomic E-state index is -0.184. The second-order valence-corrected chi connectivity index (χ2v) is 5.42. The lowest BCUT2D eigenvalue weighted by Gasteiger charge is -2.19. The summed E-state index contributed by atoms with van der Waals surface area (Å²) in [7, 11) is 0. The van der Waals surface area contributed by atoms with Gasteiger partial charge in [0.25, 0.3) is 5.91 Å². The van der Waals surface area contributed by atoms with E-state index < -0.39 is 0 Å². The molecule has 20 heavy (non-hydrogen) atoms. The van der Waals surface area contributed by atoms with Gasteiger partial charge in [-0.25, -0.2) is 0 Å². The van der Waals surface area contributed by atoms with Gasteiger partial charge in [0.1, 0.15) is 12.4 Å². The number of amides is 1. The summed E-state index contributed by atoms with van der Waals surface area (Å²) in [6.45, 7) is 9.32. The van der Waals surface area contributed by atoms with Gasteiger partial charge in [0.05, 0.1) is 17.9 Å². The zero-order chi connectivity index (χ0) is 15.2. The fourth-order valence-corrected chi connectivity index (χ4v) is 1.58. The summed E-state index contributed by atoms with van der Waals surface area (Å²) in [5, 5.41) is 2.72. The van der Waals surface area contributed by atoms with Gasteiger partial charge in [-0.3, -0.25) is 4.79 Å². The maximum Gasteiger partial charge on any atom is 0.251 e. The topological polar surface area (TPSA) is 73.6 Å². The molecule has 0 fully saturated rings. The van der Waals surface area contributed by atoms with Crippen molar-refractivity contribution < 1.29 is 14.3 Å². The molecule has 0 spiro atoms. The van der Waals surface area contributed by atoms with Crippen LogP contribution in [0.1, 0.15) is 38.1 Å². The number of rotatable bonds is 6. The first-order valence-electron chi connectivity index (χ1n) is 6.78. The molecule has 5 heteroatoms. The fraction of sp³-hybridized carbons (Fsp3) is 0.533. The number of carbonyl (C=O) groups excluding carboxylic acids is 1. The minimum absolute atomic E-state index is 0.137. The van der Waals surface area contributed by atoms with Crippen LogP contribution in [0.25, 0.3) is 0 Å². The van der Waals surface area contributed by atoms with Gasteiger partial charge in [-0.15, -0.1) is 0 Å². The number of nitrogens with two attached hydrogens (primary N) is 1. The summed E-state index contributed by atoms with van der Waals surface area (Å²) in [6.07, 6.45) is 0. The predicted octanol–water partition coefficient (Wildman–Crippen LogP) is 2.21. The third-order valence-electron chi connectivity index (χ3n) is 2.49. The molecule has 1 aromatic rings. The van der Waals surface area contributed by atoms with Crippen LogP contribution in [-0.2, 0) is 4.74 Å². The monoisotopic (exact) mass is 280 g/mol. The molecule has 3 N–H and O–H groups in total. The standard InChI is InChI=1S/C15H24N2O3/c1-5-17-14(18)11-6-7-13(12(16)10-11)19-8-9-20-15(2,3)4/h6-7,10H,5,8-9,16H2,1-4H3,(H,17,18). The quantitative estimate of drug-likeness (QED) is 0.619. The van der Waals surface area contributed by atoms with Gasteiger partial charge in [0, 0.05) is 12.1 Å². The molecule has 0 aliphatic rings. The number of nitrogen functional groups attached to an aromatic ring is 1. The zero-order valence-corrected chi connectivity index (χ0v) is 12.7. The highest BCUT2D eigenvalue weighted by atomic mass is 16.5. The Morgan fingerprint density at radius 2 is 2.00 bits per heavy atom. The average molecular weight is 280 g/mol. The maximum atomic E-state index is 11.7. The van der Waals surface area contributed by atoms with Crippen LogP contribution in [0.2, 0.25) is 0 Å². The number of benzene rings is 1. The molecular weight excluding hydrogens is 256 g/mol. The smallest absolute Gasteiger partial charge is 0.251 e. The Kier molecular flexibility index (Phi) is 5.82. The van der Waals surface area contributed by atoms with Crippen LogP contribution in [-0.4, -0.2) is 31.3 Å². The van der Waals surface area contributed by atoms with Gasteiger partial charge in [0.2, 0.25) is 0 Å². The molecule has 1 amide bonds. The Labute approximate surface area is 120 Å². The molecule has 5 nitrogen and oxygen atoms in total. The highest BCUT2D eigenvalue weighted by molar-refractivity contribution is 5.95. The van der Waals surface area contributed by atoms with Gasteiger partial charge in [-0.1, -0.05) is 0 Å². The van der Waals surface area contributed by atoms with Crippen LogP contribution >= 0.6 is 0 Å². The van der Waals surface area contributed by atoms with Gasteiger partial charge in [-0.05, 0) is 45.9 Å². The molecule has 0 radical (unpaired) electrons. The van der Waals surface area contributed by atoms with Crippen molar-refractivity contribution in [1.82, 2.24) is 5.32 Å². The second-order valence-electron chi connectivity index (χ2n) is 5.42. The van der Waals surface area contributed by atoms with Crippen LogP contribution in [0.15, 0.2) is 18.2 Å². The van der Waals surface area contributed by atoms with Crippen LogP contribution < -0.4 is 15.8 Å². The van der Waals surface area contributed by atoms with E-state index in [-0.39, 0.29) is 11.5 Å². The molecule has 0 saturated carbocycles. The van der Waals surface area contributed by atoms with E-state index >= 15 is 0 Å². The molecule has 1 aromatic carbocycles. The van der Waals surface area contributed by atoms with E-state index in [0.29, 0.717) is 36.8 Å². The third kappa shape index (κ3) is 5.48. The predicted molar refractivity (Wildman–Crippen MR) is 80.1 cm³/mol. The molecule has 0 saturated heterocycles. The molecule has 0 bridgehead atoms. The van der Waals surface area contributed by atoms with Gasteiger partial charge >= 0.3 is 0 Å². The normalized spacial score (nSPS) is 11.2. The SMILES string of the molecule is CCNC(=O)c1ccc(OCCOC(C)(C)C)c(N)c1. The number of nitrogens with one attached hydrogen (secondary N) is 1. The average Bonchev–Trinajstić information content (AvgIpc) is 2.35. The summed E-state index contributed by atoms with van der Waals surface area (Å²) in [6, 6.07) is 5.02. The van der Waals surface area contributed by atoms with Crippen molar-refractivity contribution in [2.75, 3.05) is 25.5 Å². The van der Waals surface area contributed by atoms with Crippen LogP contribution in [0.5, 0.6) is 5.75 Å². The van der Waals surface area contributed by atoms with Gasteiger partial charge in [0.15, 0.2) is 0 Å².